The van der Waals surface area contributed by atoms with Crippen molar-refractivity contribution in [3.63, 3.8) is 0 Å². The Morgan fingerprint density at radius 1 is 1.35 bits per heavy atom. The molecule has 1 saturated carbocycles. The number of likely N-dealkylation sites (tertiary alicyclic amines) is 1. The first-order valence-electron chi connectivity index (χ1n) is 6.42. The van der Waals surface area contributed by atoms with Gasteiger partial charge in [-0.3, -0.25) is 0 Å². The predicted octanol–water partition coefficient (Wildman–Crippen LogP) is 2.63. The van der Waals surface area contributed by atoms with Crippen molar-refractivity contribution < 1.29 is 0 Å². The molecule has 0 radical (unpaired) electrons. The lowest BCUT2D eigenvalue weighted by Gasteiger charge is -2.15. The smallest absolute Gasteiger partial charge is 0.131 e. The van der Waals surface area contributed by atoms with Crippen LogP contribution in [-0.2, 0) is 0 Å². The third kappa shape index (κ3) is 2.90. The predicted molar refractivity (Wildman–Crippen MR) is 70.4 cm³/mol. The molecule has 2 aliphatic rings. The number of hydrogen-bond donors (Lipinski definition) is 1. The van der Waals surface area contributed by atoms with Crippen molar-refractivity contribution in [1.82, 2.24) is 9.88 Å². The molecule has 4 heteroatoms. The number of pyridine rings is 1. The van der Waals surface area contributed by atoms with E-state index in [1.807, 2.05) is 12.1 Å². The Balaban J connectivity index is 1.48. The molecule has 3 rings (SSSR count). The highest BCUT2D eigenvalue weighted by molar-refractivity contribution is 6.29. The van der Waals surface area contributed by atoms with Crippen LogP contribution in [0.2, 0.25) is 5.15 Å². The molecule has 0 aromatic carbocycles. The summed E-state index contributed by atoms with van der Waals surface area (Å²) in [5, 5.41) is 3.94. The van der Waals surface area contributed by atoms with Crippen molar-refractivity contribution in [3.05, 3.63) is 23.4 Å². The van der Waals surface area contributed by atoms with E-state index in [-0.39, 0.29) is 0 Å². The fourth-order valence-electron chi connectivity index (χ4n) is 2.56. The number of halogens is 1. The lowest BCUT2D eigenvalue weighted by Crippen LogP contribution is -2.24. The zero-order valence-corrected chi connectivity index (χ0v) is 10.7. The first kappa shape index (κ1) is 11.3. The van der Waals surface area contributed by atoms with E-state index < -0.39 is 0 Å². The average Bonchev–Trinajstić information content (AvgIpc) is 3.07. The van der Waals surface area contributed by atoms with Crippen LogP contribution in [0.25, 0.3) is 0 Å². The van der Waals surface area contributed by atoms with Crippen molar-refractivity contribution in [2.24, 2.45) is 5.92 Å². The quantitative estimate of drug-likeness (QED) is 0.834. The van der Waals surface area contributed by atoms with E-state index in [1.54, 1.807) is 6.07 Å². The Morgan fingerprint density at radius 3 is 3.00 bits per heavy atom. The second kappa shape index (κ2) is 4.83. The van der Waals surface area contributed by atoms with Crippen LogP contribution in [-0.4, -0.2) is 35.6 Å². The first-order valence-corrected chi connectivity index (χ1v) is 6.79. The molecular formula is C13H18ClN3. The molecule has 1 aromatic heterocycles. The number of rotatable bonds is 4. The topological polar surface area (TPSA) is 28.2 Å². The fourth-order valence-corrected chi connectivity index (χ4v) is 2.72. The molecule has 1 unspecified atom stereocenters. The Hall–Kier alpha value is -0.800. The molecule has 1 atom stereocenters. The van der Waals surface area contributed by atoms with Crippen molar-refractivity contribution in [3.8, 4) is 0 Å². The van der Waals surface area contributed by atoms with Crippen LogP contribution in [0.15, 0.2) is 18.2 Å². The van der Waals surface area contributed by atoms with E-state index in [0.717, 1.165) is 24.3 Å². The second-order valence-corrected chi connectivity index (χ2v) is 5.49. The minimum Gasteiger partial charge on any atom is -0.370 e. The monoisotopic (exact) mass is 251 g/mol. The van der Waals surface area contributed by atoms with Gasteiger partial charge in [0.05, 0.1) is 0 Å². The summed E-state index contributed by atoms with van der Waals surface area (Å²) in [7, 11) is 0. The summed E-state index contributed by atoms with van der Waals surface area (Å²) < 4.78 is 0. The van der Waals surface area contributed by atoms with Gasteiger partial charge in [-0.1, -0.05) is 17.7 Å². The van der Waals surface area contributed by atoms with Gasteiger partial charge in [0.1, 0.15) is 11.0 Å². The summed E-state index contributed by atoms with van der Waals surface area (Å²) in [6, 6.07) is 6.61. The maximum atomic E-state index is 5.85. The Kier molecular flexibility index (Phi) is 3.21. The van der Waals surface area contributed by atoms with E-state index >= 15 is 0 Å². The van der Waals surface area contributed by atoms with Gasteiger partial charge >= 0.3 is 0 Å². The third-order valence-electron chi connectivity index (χ3n) is 3.67. The van der Waals surface area contributed by atoms with E-state index in [2.05, 4.69) is 15.2 Å². The SMILES string of the molecule is Clc1cccc(NCC2CCN(C3CC3)C2)n1. The second-order valence-electron chi connectivity index (χ2n) is 5.11. The number of nitrogens with zero attached hydrogens (tertiary/aromatic N) is 2. The molecule has 92 valence electrons. The molecule has 0 spiro atoms. The van der Waals surface area contributed by atoms with Crippen molar-refractivity contribution in [1.29, 1.82) is 0 Å². The minimum absolute atomic E-state index is 0.557. The zero-order valence-electron chi connectivity index (χ0n) is 9.90. The average molecular weight is 252 g/mol. The number of aromatic nitrogens is 1. The van der Waals surface area contributed by atoms with E-state index in [9.17, 15) is 0 Å². The van der Waals surface area contributed by atoms with Crippen LogP contribution in [0.5, 0.6) is 0 Å². The summed E-state index contributed by atoms with van der Waals surface area (Å²) in [5.74, 6) is 1.65. The third-order valence-corrected chi connectivity index (χ3v) is 3.88. The van der Waals surface area contributed by atoms with Gasteiger partial charge in [0.15, 0.2) is 0 Å². The maximum absolute atomic E-state index is 5.85. The van der Waals surface area contributed by atoms with Gasteiger partial charge in [0.25, 0.3) is 0 Å². The molecule has 2 heterocycles. The summed E-state index contributed by atoms with van der Waals surface area (Å²) in [4.78, 5) is 6.88. The molecule has 1 N–H and O–H groups in total. The molecule has 0 bridgehead atoms. The molecule has 1 aliphatic heterocycles. The van der Waals surface area contributed by atoms with Gasteiger partial charge in [-0.25, -0.2) is 4.98 Å². The summed E-state index contributed by atoms with van der Waals surface area (Å²) in [6.07, 6.45) is 4.13. The summed E-state index contributed by atoms with van der Waals surface area (Å²) in [6.45, 7) is 3.54. The Bertz CT molecular complexity index is 392. The molecule has 17 heavy (non-hydrogen) atoms. The fraction of sp³-hybridized carbons (Fsp3) is 0.615. The largest absolute Gasteiger partial charge is 0.370 e. The van der Waals surface area contributed by atoms with Gasteiger partial charge in [-0.15, -0.1) is 0 Å². The molecular weight excluding hydrogens is 234 g/mol. The van der Waals surface area contributed by atoms with E-state index in [0.29, 0.717) is 5.15 Å². The molecule has 1 saturated heterocycles. The van der Waals surface area contributed by atoms with Gasteiger partial charge in [-0.2, -0.15) is 0 Å². The van der Waals surface area contributed by atoms with Crippen molar-refractivity contribution in [2.75, 3.05) is 25.0 Å². The van der Waals surface area contributed by atoms with Crippen LogP contribution in [0, 0.1) is 5.92 Å². The Labute approximate surface area is 107 Å². The van der Waals surface area contributed by atoms with E-state index in [4.69, 9.17) is 11.6 Å². The normalized spacial score (nSPS) is 25.1. The van der Waals surface area contributed by atoms with Crippen molar-refractivity contribution >= 4 is 17.4 Å². The highest BCUT2D eigenvalue weighted by atomic mass is 35.5. The number of anilines is 1. The maximum Gasteiger partial charge on any atom is 0.131 e. The molecule has 3 nitrogen and oxygen atoms in total. The highest BCUT2D eigenvalue weighted by Crippen LogP contribution is 2.31. The minimum atomic E-state index is 0.557. The van der Waals surface area contributed by atoms with Gasteiger partial charge in [-0.05, 0) is 43.9 Å². The van der Waals surface area contributed by atoms with Crippen LogP contribution in [0.4, 0.5) is 5.82 Å². The van der Waals surface area contributed by atoms with Gasteiger partial charge in [0.2, 0.25) is 0 Å². The lowest BCUT2D eigenvalue weighted by atomic mass is 10.1. The zero-order chi connectivity index (χ0) is 11.7. The summed E-state index contributed by atoms with van der Waals surface area (Å²) >= 11 is 5.85. The highest BCUT2D eigenvalue weighted by Gasteiger charge is 2.34. The standard InChI is InChI=1S/C13H18ClN3/c14-12-2-1-3-13(16-12)15-8-10-6-7-17(9-10)11-4-5-11/h1-3,10-11H,4-9H2,(H,15,16). The molecule has 2 fully saturated rings. The van der Waals surface area contributed by atoms with Crippen LogP contribution >= 0.6 is 11.6 Å². The van der Waals surface area contributed by atoms with Gasteiger partial charge < -0.3 is 10.2 Å². The van der Waals surface area contributed by atoms with E-state index in [1.165, 1.54) is 32.4 Å². The summed E-state index contributed by atoms with van der Waals surface area (Å²) in [5.41, 5.74) is 0. The number of nitrogens with one attached hydrogen (secondary N) is 1. The number of hydrogen-bond acceptors (Lipinski definition) is 3. The van der Waals surface area contributed by atoms with Crippen LogP contribution in [0.3, 0.4) is 0 Å². The molecule has 1 aromatic rings. The first-order chi connectivity index (χ1) is 8.31. The molecule has 1 aliphatic carbocycles. The van der Waals surface area contributed by atoms with Gasteiger partial charge in [0, 0.05) is 19.1 Å². The van der Waals surface area contributed by atoms with Crippen molar-refractivity contribution in [2.45, 2.75) is 25.3 Å². The Morgan fingerprint density at radius 2 is 2.24 bits per heavy atom. The molecule has 0 amide bonds. The lowest BCUT2D eigenvalue weighted by molar-refractivity contribution is 0.316. The van der Waals surface area contributed by atoms with Crippen LogP contribution < -0.4 is 5.32 Å². The van der Waals surface area contributed by atoms with Crippen LogP contribution in [0.1, 0.15) is 19.3 Å².